The van der Waals surface area contributed by atoms with Crippen LogP contribution in [0.15, 0.2) is 0 Å². The smallest absolute Gasteiger partial charge is 0.139 e. The second-order valence-electron chi connectivity index (χ2n) is 9.11. The molecule has 0 saturated heterocycles. The number of fused-ring (bicyclic) bond motifs is 5. The standard InChI is InChI=1S/C19H30O3/c1-18-8-4-3-5-13(18)14(20)9-11-12-6-7-16(22)19(12,2)10-15(21)17(11)18/h11-15,17,20-21H,3-10H2,1-2H3/t11-,12-,13+,14-,15+,17+,18-,19-/m0/s1. The molecular weight excluding hydrogens is 276 g/mol. The third kappa shape index (κ3) is 1.78. The van der Waals surface area contributed by atoms with Crippen molar-refractivity contribution in [2.24, 2.45) is 34.5 Å². The highest BCUT2D eigenvalue weighted by Crippen LogP contribution is 2.65. The van der Waals surface area contributed by atoms with E-state index in [1.54, 1.807) is 0 Å². The highest BCUT2D eigenvalue weighted by atomic mass is 16.3. The van der Waals surface area contributed by atoms with Gasteiger partial charge in [-0.1, -0.05) is 26.7 Å². The minimum absolute atomic E-state index is 0.0625. The van der Waals surface area contributed by atoms with Crippen molar-refractivity contribution in [3.63, 3.8) is 0 Å². The largest absolute Gasteiger partial charge is 0.393 e. The number of hydrogen-bond acceptors (Lipinski definition) is 3. The van der Waals surface area contributed by atoms with Crippen LogP contribution in [-0.4, -0.2) is 28.2 Å². The zero-order valence-electron chi connectivity index (χ0n) is 13.9. The molecule has 0 aromatic rings. The number of hydrogen-bond donors (Lipinski definition) is 2. The van der Waals surface area contributed by atoms with Gasteiger partial charge >= 0.3 is 0 Å². The van der Waals surface area contributed by atoms with Gasteiger partial charge in [-0.15, -0.1) is 0 Å². The molecule has 4 rings (SSSR count). The van der Waals surface area contributed by atoms with E-state index in [-0.39, 0.29) is 29.0 Å². The number of aliphatic hydroxyl groups excluding tert-OH is 2. The molecule has 4 aliphatic rings. The molecule has 0 amide bonds. The molecule has 3 heteroatoms. The Morgan fingerprint density at radius 2 is 1.82 bits per heavy atom. The highest BCUT2D eigenvalue weighted by Gasteiger charge is 2.64. The van der Waals surface area contributed by atoms with Crippen LogP contribution >= 0.6 is 0 Å². The molecule has 0 radical (unpaired) electrons. The summed E-state index contributed by atoms with van der Waals surface area (Å²) < 4.78 is 0. The monoisotopic (exact) mass is 306 g/mol. The van der Waals surface area contributed by atoms with Crippen molar-refractivity contribution in [2.45, 2.75) is 77.4 Å². The van der Waals surface area contributed by atoms with Crippen molar-refractivity contribution in [1.82, 2.24) is 0 Å². The quantitative estimate of drug-likeness (QED) is 0.723. The van der Waals surface area contributed by atoms with Gasteiger partial charge in [0, 0.05) is 11.8 Å². The van der Waals surface area contributed by atoms with Crippen molar-refractivity contribution in [1.29, 1.82) is 0 Å². The number of Topliss-reactive ketones (excluding diaryl/α,β-unsaturated/α-hetero) is 1. The zero-order valence-corrected chi connectivity index (χ0v) is 13.9. The van der Waals surface area contributed by atoms with Crippen molar-refractivity contribution in [3.05, 3.63) is 0 Å². The number of rotatable bonds is 0. The van der Waals surface area contributed by atoms with E-state index in [0.717, 1.165) is 25.7 Å². The molecule has 0 spiro atoms. The predicted octanol–water partition coefficient (Wildman–Crippen LogP) is 2.93. The molecule has 2 N–H and O–H groups in total. The van der Waals surface area contributed by atoms with E-state index < -0.39 is 0 Å². The molecule has 22 heavy (non-hydrogen) atoms. The minimum atomic E-state index is -0.369. The maximum atomic E-state index is 12.4. The predicted molar refractivity (Wildman–Crippen MR) is 84.1 cm³/mol. The summed E-state index contributed by atoms with van der Waals surface area (Å²) in [5.41, 5.74) is -0.273. The van der Waals surface area contributed by atoms with Crippen LogP contribution in [-0.2, 0) is 4.79 Å². The highest BCUT2D eigenvalue weighted by molar-refractivity contribution is 5.87. The van der Waals surface area contributed by atoms with Gasteiger partial charge in [0.2, 0.25) is 0 Å². The van der Waals surface area contributed by atoms with E-state index in [0.29, 0.717) is 36.4 Å². The lowest BCUT2D eigenvalue weighted by Gasteiger charge is -2.62. The topological polar surface area (TPSA) is 57.5 Å². The Balaban J connectivity index is 1.74. The van der Waals surface area contributed by atoms with Crippen molar-refractivity contribution in [3.8, 4) is 0 Å². The van der Waals surface area contributed by atoms with Crippen LogP contribution in [0.4, 0.5) is 0 Å². The Bertz CT molecular complexity index is 489. The summed E-state index contributed by atoms with van der Waals surface area (Å²) >= 11 is 0. The fourth-order valence-electron chi connectivity index (χ4n) is 7.26. The fraction of sp³-hybridized carbons (Fsp3) is 0.947. The first-order valence-corrected chi connectivity index (χ1v) is 9.27. The molecule has 0 unspecified atom stereocenters. The molecule has 4 aliphatic carbocycles. The maximum absolute atomic E-state index is 12.4. The SMILES string of the molecule is C[C@]12CCCC[C@@H]1[C@@H](O)C[C@@H]1[C@@H]2[C@H](O)C[C@]2(C)C(=O)CC[C@@H]12. The van der Waals surface area contributed by atoms with Gasteiger partial charge in [0.25, 0.3) is 0 Å². The third-order valence-electron chi connectivity index (χ3n) is 8.23. The average Bonchev–Trinajstić information content (AvgIpc) is 2.74. The van der Waals surface area contributed by atoms with Gasteiger partial charge in [0.1, 0.15) is 5.78 Å². The van der Waals surface area contributed by atoms with Crippen LogP contribution in [0.3, 0.4) is 0 Å². The Kier molecular flexibility index (Phi) is 3.30. The van der Waals surface area contributed by atoms with E-state index >= 15 is 0 Å². The molecule has 4 saturated carbocycles. The summed E-state index contributed by atoms with van der Waals surface area (Å²) in [5, 5.41) is 21.8. The van der Waals surface area contributed by atoms with E-state index in [1.165, 1.54) is 12.8 Å². The van der Waals surface area contributed by atoms with Crippen LogP contribution in [0.2, 0.25) is 0 Å². The van der Waals surface area contributed by atoms with Crippen LogP contribution in [0.25, 0.3) is 0 Å². The second kappa shape index (κ2) is 4.80. The summed E-state index contributed by atoms with van der Waals surface area (Å²) in [6, 6.07) is 0. The van der Waals surface area contributed by atoms with Crippen LogP contribution in [0.5, 0.6) is 0 Å². The lowest BCUT2D eigenvalue weighted by atomic mass is 9.44. The summed E-state index contributed by atoms with van der Waals surface area (Å²) in [5.74, 6) is 1.68. The first kappa shape index (κ1) is 15.1. The van der Waals surface area contributed by atoms with Gasteiger partial charge in [-0.05, 0) is 61.2 Å². The lowest BCUT2D eigenvalue weighted by molar-refractivity contribution is -0.194. The molecule has 0 aromatic carbocycles. The Morgan fingerprint density at radius 1 is 1.05 bits per heavy atom. The van der Waals surface area contributed by atoms with Crippen LogP contribution in [0.1, 0.15) is 65.2 Å². The summed E-state index contributed by atoms with van der Waals surface area (Å²) in [4.78, 5) is 12.4. The number of aliphatic hydroxyl groups is 2. The molecular formula is C19H30O3. The number of carbonyl (C=O) groups is 1. The first-order valence-electron chi connectivity index (χ1n) is 9.27. The number of ketones is 1. The molecule has 3 nitrogen and oxygen atoms in total. The Labute approximate surface area is 133 Å². The summed E-state index contributed by atoms with van der Waals surface area (Å²) in [7, 11) is 0. The van der Waals surface area contributed by atoms with Gasteiger partial charge in [-0.2, -0.15) is 0 Å². The minimum Gasteiger partial charge on any atom is -0.393 e. The van der Waals surface area contributed by atoms with Gasteiger partial charge in [-0.3, -0.25) is 4.79 Å². The molecule has 0 bridgehead atoms. The van der Waals surface area contributed by atoms with E-state index in [9.17, 15) is 15.0 Å². The second-order valence-corrected chi connectivity index (χ2v) is 9.11. The summed E-state index contributed by atoms with van der Waals surface area (Å²) in [6.07, 6.45) is 7.15. The zero-order chi connectivity index (χ0) is 15.7. The molecule has 8 atom stereocenters. The van der Waals surface area contributed by atoms with E-state index in [2.05, 4.69) is 13.8 Å². The van der Waals surface area contributed by atoms with Crippen LogP contribution < -0.4 is 0 Å². The van der Waals surface area contributed by atoms with E-state index in [1.807, 2.05) is 0 Å². The summed E-state index contributed by atoms with van der Waals surface area (Å²) in [6.45, 7) is 4.40. The normalized spacial score (nSPS) is 57.9. The van der Waals surface area contributed by atoms with Crippen molar-refractivity contribution in [2.75, 3.05) is 0 Å². The molecule has 4 fully saturated rings. The molecule has 0 aliphatic heterocycles. The van der Waals surface area contributed by atoms with Crippen molar-refractivity contribution >= 4 is 5.78 Å². The van der Waals surface area contributed by atoms with Crippen molar-refractivity contribution < 1.29 is 15.0 Å². The first-order chi connectivity index (χ1) is 10.4. The van der Waals surface area contributed by atoms with E-state index in [4.69, 9.17) is 0 Å². The number of carbonyl (C=O) groups excluding carboxylic acids is 1. The van der Waals surface area contributed by atoms with Gasteiger partial charge in [0.15, 0.2) is 0 Å². The molecule has 0 aromatic heterocycles. The lowest BCUT2D eigenvalue weighted by Crippen LogP contribution is -2.61. The average molecular weight is 306 g/mol. The molecule has 0 heterocycles. The Morgan fingerprint density at radius 3 is 2.59 bits per heavy atom. The molecule has 124 valence electrons. The van der Waals surface area contributed by atoms with Crippen LogP contribution in [0, 0.1) is 34.5 Å². The Hall–Kier alpha value is -0.410. The fourth-order valence-corrected chi connectivity index (χ4v) is 7.26. The van der Waals surface area contributed by atoms with Gasteiger partial charge in [-0.25, -0.2) is 0 Å². The third-order valence-corrected chi connectivity index (χ3v) is 8.23. The van der Waals surface area contributed by atoms with Gasteiger partial charge in [0.05, 0.1) is 12.2 Å². The maximum Gasteiger partial charge on any atom is 0.139 e. The van der Waals surface area contributed by atoms with Gasteiger partial charge < -0.3 is 10.2 Å².